The van der Waals surface area contributed by atoms with E-state index in [-0.39, 0.29) is 17.9 Å². The van der Waals surface area contributed by atoms with Crippen LogP contribution in [0.3, 0.4) is 0 Å². The van der Waals surface area contributed by atoms with Crippen molar-refractivity contribution >= 4 is 5.78 Å². The lowest BCUT2D eigenvalue weighted by molar-refractivity contribution is 0.0968. The molecule has 2 rings (SSSR count). The molecule has 21 heavy (non-hydrogen) atoms. The van der Waals surface area contributed by atoms with Crippen molar-refractivity contribution in [2.24, 2.45) is 0 Å². The van der Waals surface area contributed by atoms with Crippen LogP contribution >= 0.6 is 0 Å². The van der Waals surface area contributed by atoms with Gasteiger partial charge in [0.25, 0.3) is 5.56 Å². The first-order valence-corrected chi connectivity index (χ1v) is 6.95. The van der Waals surface area contributed by atoms with Crippen LogP contribution in [0, 0.1) is 34.6 Å². The van der Waals surface area contributed by atoms with Crippen molar-refractivity contribution in [2.75, 3.05) is 0 Å². The normalized spacial score (nSPS) is 10.7. The maximum atomic E-state index is 12.5. The lowest BCUT2D eigenvalue weighted by Gasteiger charge is -2.12. The topological polar surface area (TPSA) is 52.0 Å². The number of Topliss-reactive ketones (excluding diaryl/α,β-unsaturated/α-hetero) is 1. The van der Waals surface area contributed by atoms with Crippen LogP contribution in [0.15, 0.2) is 23.0 Å². The molecule has 0 aliphatic heterocycles. The Morgan fingerprint density at radius 2 is 1.62 bits per heavy atom. The molecule has 0 saturated carbocycles. The number of hydrogen-bond donors (Lipinski definition) is 0. The number of hydrogen-bond acceptors (Lipinski definition) is 3. The van der Waals surface area contributed by atoms with Crippen molar-refractivity contribution in [2.45, 2.75) is 41.2 Å². The summed E-state index contributed by atoms with van der Waals surface area (Å²) in [4.78, 5) is 28.8. The summed E-state index contributed by atoms with van der Waals surface area (Å²) < 4.78 is 1.42. The zero-order valence-electron chi connectivity index (χ0n) is 13.2. The molecule has 4 nitrogen and oxygen atoms in total. The Hall–Kier alpha value is -2.23. The van der Waals surface area contributed by atoms with Gasteiger partial charge in [-0.05, 0) is 57.4 Å². The Morgan fingerprint density at radius 3 is 2.24 bits per heavy atom. The van der Waals surface area contributed by atoms with Crippen LogP contribution in [-0.2, 0) is 6.54 Å². The van der Waals surface area contributed by atoms with E-state index in [4.69, 9.17) is 0 Å². The van der Waals surface area contributed by atoms with Crippen molar-refractivity contribution < 1.29 is 4.79 Å². The number of carbonyl (C=O) groups is 1. The molecule has 1 aromatic carbocycles. The monoisotopic (exact) mass is 284 g/mol. The molecule has 0 fully saturated rings. The molecule has 0 radical (unpaired) electrons. The van der Waals surface area contributed by atoms with Gasteiger partial charge in [-0.15, -0.1) is 0 Å². The molecule has 0 aliphatic rings. The summed E-state index contributed by atoms with van der Waals surface area (Å²) in [5.41, 5.74) is 4.33. The molecule has 0 aliphatic carbocycles. The molecular weight excluding hydrogens is 264 g/mol. The summed E-state index contributed by atoms with van der Waals surface area (Å²) in [5.74, 6) is 0.501. The van der Waals surface area contributed by atoms with Gasteiger partial charge in [-0.3, -0.25) is 14.2 Å². The maximum Gasteiger partial charge on any atom is 0.254 e. The molecule has 0 unspecified atom stereocenters. The molecule has 0 amide bonds. The lowest BCUT2D eigenvalue weighted by atomic mass is 9.98. The van der Waals surface area contributed by atoms with Crippen molar-refractivity contribution in [3.8, 4) is 0 Å². The van der Waals surface area contributed by atoms with Crippen LogP contribution in [-0.4, -0.2) is 15.3 Å². The van der Waals surface area contributed by atoms with Crippen molar-refractivity contribution in [1.29, 1.82) is 0 Å². The predicted molar refractivity (Wildman–Crippen MR) is 83.0 cm³/mol. The van der Waals surface area contributed by atoms with E-state index in [2.05, 4.69) is 4.98 Å². The number of benzene rings is 1. The van der Waals surface area contributed by atoms with Crippen molar-refractivity contribution in [3.63, 3.8) is 0 Å². The molecular formula is C17H20N2O2. The maximum absolute atomic E-state index is 12.5. The van der Waals surface area contributed by atoms with E-state index in [9.17, 15) is 9.59 Å². The molecule has 4 heteroatoms. The second-order valence-electron chi connectivity index (χ2n) is 5.54. The Morgan fingerprint density at radius 1 is 1.00 bits per heavy atom. The minimum atomic E-state index is -0.185. The first-order chi connectivity index (χ1) is 9.79. The van der Waals surface area contributed by atoms with Crippen LogP contribution in [0.2, 0.25) is 0 Å². The van der Waals surface area contributed by atoms with Gasteiger partial charge in [0.15, 0.2) is 5.78 Å². The van der Waals surface area contributed by atoms with Gasteiger partial charge in [-0.25, -0.2) is 4.98 Å². The second kappa shape index (κ2) is 5.64. The number of aryl methyl sites for hydroxylation is 5. The molecule has 0 bridgehead atoms. The fourth-order valence-electron chi connectivity index (χ4n) is 2.45. The third-order valence-electron chi connectivity index (χ3n) is 3.77. The van der Waals surface area contributed by atoms with E-state index in [1.165, 1.54) is 10.6 Å². The lowest BCUT2D eigenvalue weighted by Crippen LogP contribution is -2.27. The van der Waals surface area contributed by atoms with Gasteiger partial charge in [0.1, 0.15) is 5.82 Å². The Balaban J connectivity index is 2.40. The number of rotatable bonds is 3. The van der Waals surface area contributed by atoms with Gasteiger partial charge < -0.3 is 0 Å². The van der Waals surface area contributed by atoms with E-state index in [0.29, 0.717) is 17.1 Å². The summed E-state index contributed by atoms with van der Waals surface area (Å²) >= 11 is 0. The summed E-state index contributed by atoms with van der Waals surface area (Å²) in [6.07, 6.45) is 0. The Kier molecular flexibility index (Phi) is 4.07. The SMILES string of the molecule is Cc1cc(=O)n(CC(=O)c2cc(C)c(C)cc2C)c(C)n1. The number of carbonyl (C=O) groups excluding carboxylic acids is 1. The zero-order valence-corrected chi connectivity index (χ0v) is 13.2. The molecule has 1 heterocycles. The largest absolute Gasteiger partial charge is 0.292 e. The summed E-state index contributed by atoms with van der Waals surface area (Å²) in [6.45, 7) is 9.47. The van der Waals surface area contributed by atoms with Crippen LogP contribution in [0.5, 0.6) is 0 Å². The predicted octanol–water partition coefficient (Wildman–Crippen LogP) is 2.67. The van der Waals surface area contributed by atoms with Crippen LogP contribution in [0.1, 0.15) is 38.6 Å². The number of nitrogens with zero attached hydrogens (tertiary/aromatic N) is 2. The second-order valence-corrected chi connectivity index (χ2v) is 5.54. The number of ketones is 1. The van der Waals surface area contributed by atoms with Crippen molar-refractivity contribution in [3.05, 3.63) is 62.3 Å². The molecule has 2 aromatic rings. The average molecular weight is 284 g/mol. The minimum absolute atomic E-state index is 0.0291. The molecule has 0 N–H and O–H groups in total. The third-order valence-corrected chi connectivity index (χ3v) is 3.77. The van der Waals surface area contributed by atoms with E-state index >= 15 is 0 Å². The third kappa shape index (κ3) is 3.10. The van der Waals surface area contributed by atoms with Gasteiger partial charge in [0.2, 0.25) is 0 Å². The summed E-state index contributed by atoms with van der Waals surface area (Å²) in [5, 5.41) is 0. The van der Waals surface area contributed by atoms with Crippen molar-refractivity contribution in [1.82, 2.24) is 9.55 Å². The van der Waals surface area contributed by atoms with Gasteiger partial charge in [0.05, 0.1) is 6.54 Å². The highest BCUT2D eigenvalue weighted by Gasteiger charge is 2.14. The fraction of sp³-hybridized carbons (Fsp3) is 0.353. The van der Waals surface area contributed by atoms with Gasteiger partial charge >= 0.3 is 0 Å². The van der Waals surface area contributed by atoms with E-state index in [1.54, 1.807) is 13.8 Å². The quantitative estimate of drug-likeness (QED) is 0.814. The smallest absolute Gasteiger partial charge is 0.254 e. The highest BCUT2D eigenvalue weighted by atomic mass is 16.1. The molecule has 0 spiro atoms. The highest BCUT2D eigenvalue weighted by Crippen LogP contribution is 2.16. The van der Waals surface area contributed by atoms with E-state index in [1.807, 2.05) is 32.9 Å². The van der Waals surface area contributed by atoms with Gasteiger partial charge in [0, 0.05) is 17.3 Å². The average Bonchev–Trinajstić information content (AvgIpc) is 2.37. The van der Waals surface area contributed by atoms with Crippen LogP contribution in [0.25, 0.3) is 0 Å². The van der Waals surface area contributed by atoms with Gasteiger partial charge in [-0.2, -0.15) is 0 Å². The van der Waals surface area contributed by atoms with Gasteiger partial charge in [-0.1, -0.05) is 6.07 Å². The molecule has 0 atom stereocenters. The Labute approximate surface area is 124 Å². The summed E-state index contributed by atoms with van der Waals surface area (Å²) in [6, 6.07) is 5.36. The molecule has 110 valence electrons. The summed E-state index contributed by atoms with van der Waals surface area (Å²) in [7, 11) is 0. The van der Waals surface area contributed by atoms with Crippen LogP contribution < -0.4 is 5.56 Å². The standard InChI is InChI=1S/C17H20N2O2/c1-10-6-12(3)15(7-11(10)2)16(20)9-19-14(5)18-13(4)8-17(19)21/h6-8H,9H2,1-5H3. The molecule has 1 aromatic heterocycles. The zero-order chi connectivity index (χ0) is 15.7. The molecule has 0 saturated heterocycles. The Bertz CT molecular complexity index is 773. The van der Waals surface area contributed by atoms with Crippen LogP contribution in [0.4, 0.5) is 0 Å². The highest BCUT2D eigenvalue weighted by molar-refractivity contribution is 5.97. The van der Waals surface area contributed by atoms with E-state index in [0.717, 1.165) is 16.7 Å². The first-order valence-electron chi connectivity index (χ1n) is 6.95. The fourth-order valence-corrected chi connectivity index (χ4v) is 2.45. The van der Waals surface area contributed by atoms with E-state index < -0.39 is 0 Å². The minimum Gasteiger partial charge on any atom is -0.292 e. The first kappa shape index (κ1) is 15.2. The number of aromatic nitrogens is 2.